The zero-order valence-electron chi connectivity index (χ0n) is 9.99. The number of rotatable bonds is 6. The van der Waals surface area contributed by atoms with Crippen LogP contribution >= 0.6 is 0 Å². The van der Waals surface area contributed by atoms with Crippen LogP contribution in [0.2, 0.25) is 0 Å². The van der Waals surface area contributed by atoms with E-state index in [1.807, 2.05) is 0 Å². The van der Waals surface area contributed by atoms with Crippen LogP contribution in [0.25, 0.3) is 0 Å². The zero-order valence-corrected chi connectivity index (χ0v) is 9.99. The van der Waals surface area contributed by atoms with Crippen molar-refractivity contribution in [2.24, 2.45) is 5.73 Å². The number of halogens is 1. The van der Waals surface area contributed by atoms with Gasteiger partial charge in [-0.2, -0.15) is 0 Å². The van der Waals surface area contributed by atoms with Gasteiger partial charge in [-0.15, -0.1) is 0 Å². The van der Waals surface area contributed by atoms with Gasteiger partial charge >= 0.3 is 5.97 Å². The average molecular weight is 239 g/mol. The van der Waals surface area contributed by atoms with Crippen LogP contribution < -0.4 is 5.73 Å². The first-order chi connectivity index (χ1) is 8.13. The molecule has 0 saturated heterocycles. The second kappa shape index (κ2) is 7.01. The average Bonchev–Trinajstić information content (AvgIpc) is 2.30. The van der Waals surface area contributed by atoms with Crippen molar-refractivity contribution in [1.29, 1.82) is 0 Å². The molecule has 0 aromatic heterocycles. The van der Waals surface area contributed by atoms with E-state index in [0.717, 1.165) is 5.56 Å². The highest BCUT2D eigenvalue weighted by Crippen LogP contribution is 2.17. The lowest BCUT2D eigenvalue weighted by molar-refractivity contribution is -0.143. The molecular weight excluding hydrogens is 221 g/mol. The van der Waals surface area contributed by atoms with E-state index in [1.54, 1.807) is 19.1 Å². The fourth-order valence-electron chi connectivity index (χ4n) is 1.58. The highest BCUT2D eigenvalue weighted by molar-refractivity contribution is 5.69. The Balaban J connectivity index is 2.32. The van der Waals surface area contributed by atoms with Crippen molar-refractivity contribution < 1.29 is 13.9 Å². The molecule has 3 nitrogen and oxygen atoms in total. The Bertz CT molecular complexity index is 351. The van der Waals surface area contributed by atoms with E-state index < -0.39 is 0 Å². The molecule has 0 aliphatic heterocycles. The van der Waals surface area contributed by atoms with Crippen LogP contribution in [0.15, 0.2) is 24.3 Å². The first kappa shape index (κ1) is 13.6. The number of carbonyl (C=O) groups is 1. The van der Waals surface area contributed by atoms with Crippen LogP contribution in [0.5, 0.6) is 0 Å². The third-order valence-electron chi connectivity index (χ3n) is 2.50. The Morgan fingerprint density at radius 1 is 1.41 bits per heavy atom. The van der Waals surface area contributed by atoms with E-state index in [4.69, 9.17) is 10.5 Å². The van der Waals surface area contributed by atoms with E-state index in [2.05, 4.69) is 0 Å². The lowest BCUT2D eigenvalue weighted by Crippen LogP contribution is -2.11. The Kier molecular flexibility index (Phi) is 5.63. The molecule has 94 valence electrons. The van der Waals surface area contributed by atoms with E-state index >= 15 is 0 Å². The summed E-state index contributed by atoms with van der Waals surface area (Å²) in [4.78, 5) is 11.1. The van der Waals surface area contributed by atoms with Crippen LogP contribution in [0, 0.1) is 5.82 Å². The van der Waals surface area contributed by atoms with Crippen molar-refractivity contribution in [3.63, 3.8) is 0 Å². The molecule has 1 atom stereocenters. The summed E-state index contributed by atoms with van der Waals surface area (Å²) in [6, 6.07) is 5.96. The van der Waals surface area contributed by atoms with Crippen LogP contribution in [0.4, 0.5) is 4.39 Å². The summed E-state index contributed by atoms with van der Waals surface area (Å²) in [7, 11) is 0. The maximum Gasteiger partial charge on any atom is 0.305 e. The van der Waals surface area contributed by atoms with Crippen LogP contribution in [-0.2, 0) is 9.53 Å². The molecule has 0 fully saturated rings. The SMILES string of the molecule is CCOC(=O)CCCC(N)c1ccc(F)cc1. The molecule has 1 aromatic rings. The standard InChI is InChI=1S/C13H18FNO2/c1-2-17-13(16)5-3-4-12(15)10-6-8-11(14)9-7-10/h6-9,12H,2-5,15H2,1H3. The highest BCUT2D eigenvalue weighted by Gasteiger charge is 2.08. The van der Waals surface area contributed by atoms with Crippen molar-refractivity contribution in [2.45, 2.75) is 32.2 Å². The Morgan fingerprint density at radius 3 is 2.65 bits per heavy atom. The lowest BCUT2D eigenvalue weighted by Gasteiger charge is -2.11. The largest absolute Gasteiger partial charge is 0.466 e. The summed E-state index contributed by atoms with van der Waals surface area (Å²) in [5.74, 6) is -0.466. The number of carbonyl (C=O) groups excluding carboxylic acids is 1. The van der Waals surface area contributed by atoms with E-state index in [-0.39, 0.29) is 17.8 Å². The number of hydrogen-bond acceptors (Lipinski definition) is 3. The van der Waals surface area contributed by atoms with Crippen molar-refractivity contribution in [3.05, 3.63) is 35.6 Å². The summed E-state index contributed by atoms with van der Waals surface area (Å²) in [5.41, 5.74) is 6.82. The van der Waals surface area contributed by atoms with E-state index in [9.17, 15) is 9.18 Å². The molecular formula is C13H18FNO2. The van der Waals surface area contributed by atoms with Crippen LogP contribution in [0.1, 0.15) is 37.8 Å². The van der Waals surface area contributed by atoms with Crippen molar-refractivity contribution in [1.82, 2.24) is 0 Å². The van der Waals surface area contributed by atoms with Crippen LogP contribution in [-0.4, -0.2) is 12.6 Å². The summed E-state index contributed by atoms with van der Waals surface area (Å²) in [6.45, 7) is 2.19. The van der Waals surface area contributed by atoms with Gasteiger partial charge < -0.3 is 10.5 Å². The smallest absolute Gasteiger partial charge is 0.305 e. The topological polar surface area (TPSA) is 52.3 Å². The van der Waals surface area contributed by atoms with Crippen molar-refractivity contribution >= 4 is 5.97 Å². The van der Waals surface area contributed by atoms with Crippen LogP contribution in [0.3, 0.4) is 0 Å². The number of benzene rings is 1. The second-order valence-corrected chi connectivity index (χ2v) is 3.86. The van der Waals surface area contributed by atoms with Gasteiger partial charge in [-0.3, -0.25) is 4.79 Å². The van der Waals surface area contributed by atoms with Gasteiger partial charge in [0.15, 0.2) is 0 Å². The maximum absolute atomic E-state index is 12.7. The normalized spacial score (nSPS) is 12.2. The summed E-state index contributed by atoms with van der Waals surface area (Å²) >= 11 is 0. The van der Waals surface area contributed by atoms with Gasteiger partial charge in [0.1, 0.15) is 5.82 Å². The Hall–Kier alpha value is -1.42. The van der Waals surface area contributed by atoms with Gasteiger partial charge in [0, 0.05) is 12.5 Å². The fraction of sp³-hybridized carbons (Fsp3) is 0.462. The first-order valence-corrected chi connectivity index (χ1v) is 5.80. The molecule has 4 heteroatoms. The summed E-state index contributed by atoms with van der Waals surface area (Å²) in [6.07, 6.45) is 1.74. The molecule has 0 spiro atoms. The quantitative estimate of drug-likeness (QED) is 0.776. The minimum absolute atomic E-state index is 0.162. The second-order valence-electron chi connectivity index (χ2n) is 3.86. The predicted octanol–water partition coefficient (Wildman–Crippen LogP) is 2.56. The number of ether oxygens (including phenoxy) is 1. The Morgan fingerprint density at radius 2 is 2.06 bits per heavy atom. The van der Waals surface area contributed by atoms with Gasteiger partial charge in [-0.1, -0.05) is 12.1 Å². The van der Waals surface area contributed by atoms with Crippen molar-refractivity contribution in [3.8, 4) is 0 Å². The summed E-state index contributed by atoms with van der Waals surface area (Å²) in [5, 5.41) is 0. The number of esters is 1. The first-order valence-electron chi connectivity index (χ1n) is 5.80. The summed E-state index contributed by atoms with van der Waals surface area (Å²) < 4.78 is 17.5. The number of hydrogen-bond donors (Lipinski definition) is 1. The zero-order chi connectivity index (χ0) is 12.7. The molecule has 0 radical (unpaired) electrons. The van der Waals surface area contributed by atoms with E-state index in [0.29, 0.717) is 25.9 Å². The third-order valence-corrected chi connectivity index (χ3v) is 2.50. The molecule has 0 saturated carbocycles. The lowest BCUT2D eigenvalue weighted by atomic mass is 10.0. The fourth-order valence-corrected chi connectivity index (χ4v) is 1.58. The molecule has 1 rings (SSSR count). The molecule has 0 aliphatic carbocycles. The molecule has 1 unspecified atom stereocenters. The molecule has 0 aliphatic rings. The highest BCUT2D eigenvalue weighted by atomic mass is 19.1. The third kappa shape index (κ3) is 4.95. The van der Waals surface area contributed by atoms with Gasteiger partial charge in [-0.25, -0.2) is 4.39 Å². The number of nitrogens with two attached hydrogens (primary N) is 1. The van der Waals surface area contributed by atoms with E-state index in [1.165, 1.54) is 12.1 Å². The van der Waals surface area contributed by atoms with Gasteiger partial charge in [0.25, 0.3) is 0 Å². The van der Waals surface area contributed by atoms with Crippen molar-refractivity contribution in [2.75, 3.05) is 6.61 Å². The maximum atomic E-state index is 12.7. The molecule has 17 heavy (non-hydrogen) atoms. The van der Waals surface area contributed by atoms with Gasteiger partial charge in [0.05, 0.1) is 6.61 Å². The molecule has 0 amide bonds. The van der Waals surface area contributed by atoms with Gasteiger partial charge in [-0.05, 0) is 37.5 Å². The molecule has 0 bridgehead atoms. The molecule has 0 heterocycles. The van der Waals surface area contributed by atoms with Gasteiger partial charge in [0.2, 0.25) is 0 Å². The minimum atomic E-state index is -0.271. The molecule has 1 aromatic carbocycles. The Labute approximate surface area is 101 Å². The predicted molar refractivity (Wildman–Crippen MR) is 63.8 cm³/mol. The molecule has 2 N–H and O–H groups in total. The minimum Gasteiger partial charge on any atom is -0.466 e. The monoisotopic (exact) mass is 239 g/mol.